The highest BCUT2D eigenvalue weighted by Crippen LogP contribution is 2.57. The fourth-order valence-electron chi connectivity index (χ4n) is 12.7. The molecule has 0 bridgehead atoms. The Kier molecular flexibility index (Phi) is 8.86. The second-order valence-corrected chi connectivity index (χ2v) is 20.8. The van der Waals surface area contributed by atoms with Crippen LogP contribution in [0.3, 0.4) is 0 Å². The molecule has 2 fully saturated rings. The molecule has 5 aliphatic carbocycles. The van der Waals surface area contributed by atoms with Gasteiger partial charge in [0.1, 0.15) is 5.69 Å². The number of amidine groups is 1. The summed E-state index contributed by atoms with van der Waals surface area (Å²) >= 11 is 2.22. The standard InChI is InChI=1S/C55H55N5S/c1-32-14-20-46-41(24-32)42-25-33(2)15-21-47(42)59(46)50-30-51(60-48-22-16-34(3)26-43(48)44-27-35(4)17-23-49(44)60)45(28-37(50)31-56)55-57-54(58(55)38-10-6-5-7-11-38)36-18-19-40-39-12-8-9-13-52(39)61-53(40)29-36/h5-7,10-11,13-17,20-26,28,30,35-37,39-41,46,50,53,55H,8-9,12,18-19,27,29H2,1-4H3/p+1. The molecule has 4 aromatic rings. The van der Waals surface area contributed by atoms with Crippen LogP contribution in [-0.4, -0.2) is 38.5 Å². The van der Waals surface area contributed by atoms with Crippen molar-refractivity contribution in [2.75, 3.05) is 4.90 Å². The Labute approximate surface area is 365 Å². The maximum Gasteiger partial charge on any atom is 0.265 e. The molecule has 5 nitrogen and oxygen atoms in total. The van der Waals surface area contributed by atoms with Crippen molar-refractivity contribution in [2.45, 2.75) is 102 Å². The zero-order valence-electron chi connectivity index (χ0n) is 35.9. The molecule has 0 amide bonds. The predicted octanol–water partition coefficient (Wildman–Crippen LogP) is 12.1. The summed E-state index contributed by atoms with van der Waals surface area (Å²) < 4.78 is 5.19. The lowest BCUT2D eigenvalue weighted by molar-refractivity contribution is -0.516. The SMILES string of the molecule is CC1=CC2c3cc(C)ccc3N(C3C=C(n4c5c(c6cc(C)ccc64)CC(C)C=C5)C(C4NC(C5CCC6C(C5)SC5=CCCCC56)=[N+]4c4ccccc4)=CC3C#N)C2C=C1. The van der Waals surface area contributed by atoms with E-state index in [2.05, 4.69) is 180 Å². The highest BCUT2D eigenvalue weighted by Gasteiger charge is 2.53. The van der Waals surface area contributed by atoms with Crippen LogP contribution in [0.15, 0.2) is 125 Å². The maximum absolute atomic E-state index is 11.4. The van der Waals surface area contributed by atoms with Crippen molar-refractivity contribution in [1.82, 2.24) is 9.88 Å². The van der Waals surface area contributed by atoms with Crippen LogP contribution < -0.4 is 10.2 Å². The van der Waals surface area contributed by atoms with Crippen LogP contribution in [-0.2, 0) is 6.42 Å². The van der Waals surface area contributed by atoms with Crippen molar-refractivity contribution >= 4 is 51.6 Å². The van der Waals surface area contributed by atoms with Gasteiger partial charge in [-0.25, -0.2) is 5.32 Å². The van der Waals surface area contributed by atoms with Gasteiger partial charge in [-0.05, 0) is 142 Å². The number of para-hydroxylation sites is 1. The number of benzene rings is 3. The Bertz CT molecular complexity index is 2770. The summed E-state index contributed by atoms with van der Waals surface area (Å²) in [5.41, 5.74) is 14.0. The summed E-state index contributed by atoms with van der Waals surface area (Å²) in [6.45, 7) is 8.97. The zero-order valence-corrected chi connectivity index (χ0v) is 36.7. The van der Waals surface area contributed by atoms with E-state index in [-0.39, 0.29) is 30.1 Å². The molecule has 61 heavy (non-hydrogen) atoms. The Balaban J connectivity index is 1.02. The first kappa shape index (κ1) is 37.5. The van der Waals surface area contributed by atoms with Gasteiger partial charge in [-0.15, -0.1) is 11.8 Å². The Morgan fingerprint density at radius 3 is 2.61 bits per heavy atom. The van der Waals surface area contributed by atoms with E-state index < -0.39 is 0 Å². The van der Waals surface area contributed by atoms with Gasteiger partial charge in [0, 0.05) is 27.9 Å². The summed E-state index contributed by atoms with van der Waals surface area (Å²) in [7, 11) is 0. The van der Waals surface area contributed by atoms with Gasteiger partial charge in [0.05, 0.1) is 46.8 Å². The smallest absolute Gasteiger partial charge is 0.265 e. The second-order valence-electron chi connectivity index (χ2n) is 19.4. The molecule has 1 saturated heterocycles. The summed E-state index contributed by atoms with van der Waals surface area (Å²) in [5.74, 6) is 3.83. The molecule has 8 aliphatic rings. The quantitative estimate of drug-likeness (QED) is 0.204. The van der Waals surface area contributed by atoms with Crippen LogP contribution in [0.1, 0.15) is 86.2 Å². The normalized spacial score (nSPS) is 32.0. The molecule has 306 valence electrons. The molecule has 10 atom stereocenters. The first-order valence-electron chi connectivity index (χ1n) is 23.1. The van der Waals surface area contributed by atoms with E-state index in [1.807, 2.05) is 0 Å². The molecule has 12 rings (SSSR count). The van der Waals surface area contributed by atoms with Crippen LogP contribution in [0.25, 0.3) is 22.7 Å². The van der Waals surface area contributed by atoms with Crippen LogP contribution in [0.4, 0.5) is 11.4 Å². The van der Waals surface area contributed by atoms with Gasteiger partial charge in [0.15, 0.2) is 0 Å². The molecule has 1 saturated carbocycles. The molecule has 10 unspecified atom stereocenters. The van der Waals surface area contributed by atoms with Gasteiger partial charge in [0.25, 0.3) is 12.0 Å². The molecule has 3 aliphatic heterocycles. The number of nitrogens with one attached hydrogen (secondary N) is 1. The van der Waals surface area contributed by atoms with E-state index in [1.54, 1.807) is 4.91 Å². The van der Waals surface area contributed by atoms with E-state index in [1.165, 1.54) is 111 Å². The van der Waals surface area contributed by atoms with Gasteiger partial charge in [-0.1, -0.05) is 96.5 Å². The van der Waals surface area contributed by atoms with E-state index in [4.69, 9.17) is 0 Å². The predicted molar refractivity (Wildman–Crippen MR) is 253 cm³/mol. The number of allylic oxidation sites excluding steroid dienone is 5. The van der Waals surface area contributed by atoms with E-state index in [0.717, 1.165) is 18.3 Å². The van der Waals surface area contributed by atoms with Crippen molar-refractivity contribution in [3.05, 3.63) is 153 Å². The lowest BCUT2D eigenvalue weighted by Gasteiger charge is -2.42. The number of hydrogen-bond donors (Lipinski definition) is 1. The van der Waals surface area contributed by atoms with Crippen LogP contribution >= 0.6 is 11.8 Å². The van der Waals surface area contributed by atoms with Crippen molar-refractivity contribution in [1.29, 1.82) is 5.26 Å². The Morgan fingerprint density at radius 1 is 0.885 bits per heavy atom. The second kappa shape index (κ2) is 14.4. The number of anilines is 1. The fraction of sp³-hybridized carbons (Fsp3) is 0.382. The molecule has 4 heterocycles. The summed E-state index contributed by atoms with van der Waals surface area (Å²) in [6, 6.07) is 27.9. The number of nitriles is 1. The Morgan fingerprint density at radius 2 is 1.74 bits per heavy atom. The highest BCUT2D eigenvalue weighted by atomic mass is 32.2. The molecule has 0 spiro atoms. The lowest BCUT2D eigenvalue weighted by atomic mass is 9.72. The van der Waals surface area contributed by atoms with Gasteiger partial charge in [-0.2, -0.15) is 9.84 Å². The number of rotatable bonds is 5. The highest BCUT2D eigenvalue weighted by molar-refractivity contribution is 8.04. The third-order valence-corrected chi connectivity index (χ3v) is 17.1. The van der Waals surface area contributed by atoms with Gasteiger partial charge < -0.3 is 9.47 Å². The van der Waals surface area contributed by atoms with E-state index in [0.29, 0.717) is 17.1 Å². The molecular formula is C55H56N5S+. The minimum absolute atomic E-state index is 0.105. The molecule has 0 radical (unpaired) electrons. The first-order chi connectivity index (χ1) is 29.8. The number of aromatic nitrogens is 1. The first-order valence-corrected chi connectivity index (χ1v) is 24.0. The van der Waals surface area contributed by atoms with Crippen LogP contribution in [0, 0.1) is 54.8 Å². The summed E-state index contributed by atoms with van der Waals surface area (Å²) in [6.07, 6.45) is 28.0. The van der Waals surface area contributed by atoms with Gasteiger partial charge >= 0.3 is 0 Å². The van der Waals surface area contributed by atoms with Crippen molar-refractivity contribution in [3.8, 4) is 6.07 Å². The summed E-state index contributed by atoms with van der Waals surface area (Å²) in [4.78, 5) is 4.29. The van der Waals surface area contributed by atoms with E-state index >= 15 is 0 Å². The number of aryl methyl sites for hydroxylation is 2. The monoisotopic (exact) mass is 818 g/mol. The number of nitrogens with zero attached hydrogens (tertiary/aromatic N) is 4. The number of thioether (sulfide) groups is 1. The van der Waals surface area contributed by atoms with E-state index in [9.17, 15) is 5.26 Å². The minimum atomic E-state index is -0.354. The fourth-order valence-corrected chi connectivity index (χ4v) is 14.6. The third-order valence-electron chi connectivity index (χ3n) is 15.5. The molecule has 1 N–H and O–H groups in total. The molecule has 1 aromatic heterocycles. The zero-order chi connectivity index (χ0) is 41.1. The van der Waals surface area contributed by atoms with Gasteiger partial charge in [-0.3, -0.25) is 0 Å². The average Bonchev–Trinajstić information content (AvgIpc) is 3.90. The van der Waals surface area contributed by atoms with Crippen LogP contribution in [0.2, 0.25) is 0 Å². The minimum Gasteiger partial charge on any atom is -0.356 e. The largest absolute Gasteiger partial charge is 0.356 e. The maximum atomic E-state index is 11.4. The molecular weight excluding hydrogens is 763 g/mol. The number of fused-ring (bicyclic) bond motifs is 9. The third kappa shape index (κ3) is 5.90. The summed E-state index contributed by atoms with van der Waals surface area (Å²) in [5, 5.41) is 17.6. The molecule has 3 aromatic carbocycles. The Hall–Kier alpha value is -5.25. The lowest BCUT2D eigenvalue weighted by Crippen LogP contribution is -2.62. The van der Waals surface area contributed by atoms with Gasteiger partial charge in [0.2, 0.25) is 0 Å². The van der Waals surface area contributed by atoms with Crippen molar-refractivity contribution < 1.29 is 4.58 Å². The van der Waals surface area contributed by atoms with Crippen LogP contribution in [0.5, 0.6) is 0 Å². The topological polar surface area (TPSA) is 47.0 Å². The number of hydrogen-bond acceptors (Lipinski definition) is 4. The molecule has 6 heteroatoms. The van der Waals surface area contributed by atoms with Crippen molar-refractivity contribution in [2.24, 2.45) is 29.6 Å². The van der Waals surface area contributed by atoms with Crippen molar-refractivity contribution in [3.63, 3.8) is 0 Å². The average molecular weight is 819 g/mol.